The van der Waals surface area contributed by atoms with E-state index in [2.05, 4.69) is 19.6 Å². The lowest BCUT2D eigenvalue weighted by molar-refractivity contribution is 0.465. The molecule has 1 aromatic rings. The van der Waals surface area contributed by atoms with Crippen molar-refractivity contribution >= 4 is 21.7 Å². The monoisotopic (exact) mass is 299 g/mol. The maximum Gasteiger partial charge on any atom is 0.209 e. The SMILES string of the molecule is CN(C)c1cc(N2CCC[C@@H](NS(C)(=O)=O)C2)ncn1. The summed E-state index contributed by atoms with van der Waals surface area (Å²) < 4.78 is 25.3. The molecule has 1 saturated heterocycles. The lowest BCUT2D eigenvalue weighted by Crippen LogP contribution is -2.47. The van der Waals surface area contributed by atoms with E-state index in [4.69, 9.17) is 0 Å². The Kier molecular flexibility index (Phi) is 4.44. The van der Waals surface area contributed by atoms with Crippen LogP contribution in [0.2, 0.25) is 0 Å². The van der Waals surface area contributed by atoms with Crippen molar-refractivity contribution in [3.8, 4) is 0 Å². The highest BCUT2D eigenvalue weighted by Gasteiger charge is 2.23. The van der Waals surface area contributed by atoms with Crippen molar-refractivity contribution in [3.05, 3.63) is 12.4 Å². The summed E-state index contributed by atoms with van der Waals surface area (Å²) in [5.41, 5.74) is 0. The summed E-state index contributed by atoms with van der Waals surface area (Å²) in [6, 6.07) is 1.86. The third kappa shape index (κ3) is 4.04. The fraction of sp³-hybridized carbons (Fsp3) is 0.667. The molecule has 1 aliphatic rings. The first-order valence-corrected chi connectivity index (χ1v) is 8.46. The lowest BCUT2D eigenvalue weighted by Gasteiger charge is -2.33. The summed E-state index contributed by atoms with van der Waals surface area (Å²) in [6.07, 6.45) is 4.53. The normalized spacial score (nSPS) is 19.9. The smallest absolute Gasteiger partial charge is 0.209 e. The molecule has 0 aromatic carbocycles. The van der Waals surface area contributed by atoms with Gasteiger partial charge in [0.2, 0.25) is 10.0 Å². The first-order valence-electron chi connectivity index (χ1n) is 6.57. The molecule has 7 nitrogen and oxygen atoms in total. The molecule has 1 N–H and O–H groups in total. The number of aromatic nitrogens is 2. The second-order valence-electron chi connectivity index (χ2n) is 5.30. The average molecular weight is 299 g/mol. The Morgan fingerprint density at radius 2 is 2.15 bits per heavy atom. The van der Waals surface area contributed by atoms with Crippen LogP contribution in [0.4, 0.5) is 11.6 Å². The average Bonchev–Trinajstić information content (AvgIpc) is 2.37. The van der Waals surface area contributed by atoms with Crippen molar-refractivity contribution in [2.24, 2.45) is 0 Å². The van der Waals surface area contributed by atoms with Crippen molar-refractivity contribution in [3.63, 3.8) is 0 Å². The highest BCUT2D eigenvalue weighted by Crippen LogP contribution is 2.20. The van der Waals surface area contributed by atoms with E-state index in [-0.39, 0.29) is 6.04 Å². The van der Waals surface area contributed by atoms with Crippen LogP contribution in [0.15, 0.2) is 12.4 Å². The summed E-state index contributed by atoms with van der Waals surface area (Å²) in [5.74, 6) is 1.68. The number of piperidine rings is 1. The van der Waals surface area contributed by atoms with Gasteiger partial charge in [-0.25, -0.2) is 23.1 Å². The first kappa shape index (κ1) is 15.0. The molecule has 112 valence electrons. The lowest BCUT2D eigenvalue weighted by atomic mass is 10.1. The summed E-state index contributed by atoms with van der Waals surface area (Å²) in [7, 11) is 0.685. The van der Waals surface area contributed by atoms with Crippen LogP contribution < -0.4 is 14.5 Å². The van der Waals surface area contributed by atoms with E-state index in [9.17, 15) is 8.42 Å². The van der Waals surface area contributed by atoms with E-state index in [0.29, 0.717) is 6.54 Å². The highest BCUT2D eigenvalue weighted by atomic mass is 32.2. The molecule has 0 radical (unpaired) electrons. The highest BCUT2D eigenvalue weighted by molar-refractivity contribution is 7.88. The summed E-state index contributed by atoms with van der Waals surface area (Å²) in [4.78, 5) is 12.5. The fourth-order valence-corrected chi connectivity index (χ4v) is 3.14. The number of hydrogen-bond acceptors (Lipinski definition) is 6. The van der Waals surface area contributed by atoms with E-state index in [1.165, 1.54) is 12.6 Å². The van der Waals surface area contributed by atoms with Gasteiger partial charge >= 0.3 is 0 Å². The number of hydrogen-bond donors (Lipinski definition) is 1. The van der Waals surface area contributed by atoms with E-state index in [0.717, 1.165) is 31.0 Å². The number of nitrogens with one attached hydrogen (secondary N) is 1. The van der Waals surface area contributed by atoms with Gasteiger partial charge in [-0.15, -0.1) is 0 Å². The zero-order valence-corrected chi connectivity index (χ0v) is 12.9. The molecule has 1 aromatic heterocycles. The summed E-state index contributed by atoms with van der Waals surface area (Å²) in [6.45, 7) is 1.52. The molecule has 0 spiro atoms. The Morgan fingerprint density at radius 1 is 1.40 bits per heavy atom. The molecule has 2 heterocycles. The molecule has 0 aliphatic carbocycles. The third-order valence-corrected chi connectivity index (χ3v) is 3.98. The minimum atomic E-state index is -3.17. The van der Waals surface area contributed by atoms with E-state index >= 15 is 0 Å². The second kappa shape index (κ2) is 5.92. The van der Waals surface area contributed by atoms with Gasteiger partial charge < -0.3 is 9.80 Å². The number of nitrogens with zero attached hydrogens (tertiary/aromatic N) is 4. The fourth-order valence-electron chi connectivity index (χ4n) is 2.34. The van der Waals surface area contributed by atoms with Crippen LogP contribution >= 0.6 is 0 Å². The van der Waals surface area contributed by atoms with Crippen LogP contribution in [0.1, 0.15) is 12.8 Å². The van der Waals surface area contributed by atoms with Crippen LogP contribution in [0.3, 0.4) is 0 Å². The van der Waals surface area contributed by atoms with Gasteiger partial charge in [-0.3, -0.25) is 0 Å². The molecular formula is C12H21N5O2S. The maximum absolute atomic E-state index is 11.3. The molecule has 8 heteroatoms. The Labute approximate surface area is 120 Å². The number of sulfonamides is 1. The molecule has 0 unspecified atom stereocenters. The molecule has 0 bridgehead atoms. The van der Waals surface area contributed by atoms with Gasteiger partial charge in [0.05, 0.1) is 6.26 Å². The summed E-state index contributed by atoms with van der Waals surface area (Å²) >= 11 is 0. The Hall–Kier alpha value is -1.41. The third-order valence-electron chi connectivity index (χ3n) is 3.22. The van der Waals surface area contributed by atoms with E-state index in [1.54, 1.807) is 0 Å². The second-order valence-corrected chi connectivity index (χ2v) is 7.08. The largest absolute Gasteiger partial charge is 0.363 e. The zero-order chi connectivity index (χ0) is 14.8. The molecule has 0 amide bonds. The Morgan fingerprint density at radius 3 is 2.80 bits per heavy atom. The molecule has 0 saturated carbocycles. The standard InChI is InChI=1S/C12H21N5O2S/c1-16(2)11-7-12(14-9-13-11)17-6-4-5-10(8-17)15-20(3,18)19/h7,9-10,15H,4-6,8H2,1-3H3/t10-/m1/s1. The Balaban J connectivity index is 2.10. The van der Waals surface area contributed by atoms with E-state index in [1.807, 2.05) is 25.1 Å². The maximum atomic E-state index is 11.3. The van der Waals surface area contributed by atoms with Crippen LogP contribution in [-0.2, 0) is 10.0 Å². The van der Waals surface area contributed by atoms with Crippen LogP contribution in [0, 0.1) is 0 Å². The van der Waals surface area contributed by atoms with Gasteiger partial charge in [-0.2, -0.15) is 0 Å². The van der Waals surface area contributed by atoms with Crippen molar-refractivity contribution in [1.82, 2.24) is 14.7 Å². The molecular weight excluding hydrogens is 278 g/mol. The van der Waals surface area contributed by atoms with Gasteiger partial charge in [0, 0.05) is 39.3 Å². The zero-order valence-electron chi connectivity index (χ0n) is 12.1. The molecule has 20 heavy (non-hydrogen) atoms. The number of anilines is 2. The van der Waals surface area contributed by atoms with Gasteiger partial charge in [0.15, 0.2) is 0 Å². The van der Waals surface area contributed by atoms with Crippen LogP contribution in [0.5, 0.6) is 0 Å². The van der Waals surface area contributed by atoms with Crippen LogP contribution in [0.25, 0.3) is 0 Å². The summed E-state index contributed by atoms with van der Waals surface area (Å²) in [5, 5.41) is 0. The first-order chi connectivity index (χ1) is 9.35. The minimum absolute atomic E-state index is 0.0588. The van der Waals surface area contributed by atoms with Crippen molar-refractivity contribution in [2.45, 2.75) is 18.9 Å². The van der Waals surface area contributed by atoms with Crippen molar-refractivity contribution in [1.29, 1.82) is 0 Å². The minimum Gasteiger partial charge on any atom is -0.363 e. The van der Waals surface area contributed by atoms with Crippen molar-refractivity contribution < 1.29 is 8.42 Å². The molecule has 2 rings (SSSR count). The predicted molar refractivity (Wildman–Crippen MR) is 79.6 cm³/mol. The molecule has 1 fully saturated rings. The number of rotatable bonds is 4. The molecule has 1 aliphatic heterocycles. The quantitative estimate of drug-likeness (QED) is 0.847. The predicted octanol–water partition coefficient (Wildman–Crippen LogP) is 0.0606. The molecule has 1 atom stereocenters. The van der Waals surface area contributed by atoms with E-state index < -0.39 is 10.0 Å². The van der Waals surface area contributed by atoms with Gasteiger partial charge in [-0.05, 0) is 12.8 Å². The van der Waals surface area contributed by atoms with Crippen LogP contribution in [-0.4, -0.2) is 57.9 Å². The topological polar surface area (TPSA) is 78.4 Å². The van der Waals surface area contributed by atoms with Crippen molar-refractivity contribution in [2.75, 3.05) is 43.2 Å². The van der Waals surface area contributed by atoms with Gasteiger partial charge in [-0.1, -0.05) is 0 Å². The Bertz CT molecular complexity index is 561. The van der Waals surface area contributed by atoms with Gasteiger partial charge in [0.1, 0.15) is 18.0 Å². The van der Waals surface area contributed by atoms with Gasteiger partial charge in [0.25, 0.3) is 0 Å².